The van der Waals surface area contributed by atoms with Crippen molar-refractivity contribution in [2.24, 2.45) is 5.92 Å². The molecule has 1 unspecified atom stereocenters. The van der Waals surface area contributed by atoms with Crippen LogP contribution in [-0.2, 0) is 0 Å². The SMILES string of the molecule is Clc1ccc(NC(c2ccccc2)C2CC2)cc1Br. The van der Waals surface area contributed by atoms with E-state index in [4.69, 9.17) is 11.6 Å². The Balaban J connectivity index is 1.84. The fourth-order valence-corrected chi connectivity index (χ4v) is 2.83. The first-order valence-electron chi connectivity index (χ1n) is 6.50. The predicted octanol–water partition coefficient (Wildman–Crippen LogP) is 5.67. The fourth-order valence-electron chi connectivity index (χ4n) is 2.33. The minimum Gasteiger partial charge on any atom is -0.378 e. The quantitative estimate of drug-likeness (QED) is 0.759. The highest BCUT2D eigenvalue weighted by Crippen LogP contribution is 2.43. The summed E-state index contributed by atoms with van der Waals surface area (Å²) in [6.45, 7) is 0. The number of benzene rings is 2. The Bertz CT molecular complexity index is 566. The maximum atomic E-state index is 6.03. The summed E-state index contributed by atoms with van der Waals surface area (Å²) in [7, 11) is 0. The Morgan fingerprint density at radius 3 is 2.47 bits per heavy atom. The number of nitrogens with one attached hydrogen (secondary N) is 1. The summed E-state index contributed by atoms with van der Waals surface area (Å²) in [5.41, 5.74) is 2.47. The molecule has 98 valence electrons. The van der Waals surface area contributed by atoms with Crippen LogP contribution < -0.4 is 5.32 Å². The van der Waals surface area contributed by atoms with Gasteiger partial charge in [0.2, 0.25) is 0 Å². The molecule has 1 atom stereocenters. The summed E-state index contributed by atoms with van der Waals surface area (Å²) in [5, 5.41) is 4.38. The van der Waals surface area contributed by atoms with Gasteiger partial charge in [-0.05, 0) is 58.5 Å². The lowest BCUT2D eigenvalue weighted by Crippen LogP contribution is -2.12. The lowest BCUT2D eigenvalue weighted by atomic mass is 10.0. The predicted molar refractivity (Wildman–Crippen MR) is 84.7 cm³/mol. The summed E-state index contributed by atoms with van der Waals surface area (Å²) >= 11 is 9.51. The van der Waals surface area contributed by atoms with Crippen LogP contribution in [0, 0.1) is 5.92 Å². The number of hydrogen-bond acceptors (Lipinski definition) is 1. The smallest absolute Gasteiger partial charge is 0.0549 e. The molecule has 0 radical (unpaired) electrons. The monoisotopic (exact) mass is 335 g/mol. The lowest BCUT2D eigenvalue weighted by Gasteiger charge is -2.20. The van der Waals surface area contributed by atoms with Crippen LogP contribution in [0.25, 0.3) is 0 Å². The van der Waals surface area contributed by atoms with Crippen LogP contribution in [0.3, 0.4) is 0 Å². The van der Waals surface area contributed by atoms with E-state index in [-0.39, 0.29) is 0 Å². The van der Waals surface area contributed by atoms with E-state index >= 15 is 0 Å². The van der Waals surface area contributed by atoms with Crippen LogP contribution >= 0.6 is 27.5 Å². The summed E-state index contributed by atoms with van der Waals surface area (Å²) < 4.78 is 0.932. The first-order valence-corrected chi connectivity index (χ1v) is 7.67. The molecule has 0 spiro atoms. The first kappa shape index (κ1) is 13.0. The Hall–Kier alpha value is -0.990. The normalized spacial score (nSPS) is 16.1. The highest BCUT2D eigenvalue weighted by molar-refractivity contribution is 9.10. The first-order chi connectivity index (χ1) is 9.24. The third-order valence-corrected chi connectivity index (χ3v) is 4.71. The minimum absolute atomic E-state index is 0.397. The van der Waals surface area contributed by atoms with Gasteiger partial charge in [-0.25, -0.2) is 0 Å². The molecule has 2 aromatic carbocycles. The molecule has 0 heterocycles. The summed E-state index contributed by atoms with van der Waals surface area (Å²) in [6, 6.07) is 17.0. The second-order valence-corrected chi connectivity index (χ2v) is 6.26. The molecule has 1 N–H and O–H groups in total. The molecule has 1 nitrogen and oxygen atoms in total. The molecule has 1 aliphatic carbocycles. The zero-order valence-electron chi connectivity index (χ0n) is 10.4. The van der Waals surface area contributed by atoms with E-state index in [2.05, 4.69) is 51.6 Å². The third-order valence-electron chi connectivity index (χ3n) is 3.49. The fraction of sp³-hybridized carbons (Fsp3) is 0.250. The van der Waals surface area contributed by atoms with Crippen molar-refractivity contribution >= 4 is 33.2 Å². The molecule has 1 saturated carbocycles. The van der Waals surface area contributed by atoms with E-state index in [1.165, 1.54) is 18.4 Å². The zero-order chi connectivity index (χ0) is 13.2. The number of rotatable bonds is 4. The molecule has 1 fully saturated rings. The van der Waals surface area contributed by atoms with Gasteiger partial charge in [0.15, 0.2) is 0 Å². The molecular weight excluding hydrogens is 322 g/mol. The van der Waals surface area contributed by atoms with Gasteiger partial charge >= 0.3 is 0 Å². The Labute approximate surface area is 127 Å². The van der Waals surface area contributed by atoms with Crippen LogP contribution in [0.2, 0.25) is 5.02 Å². The summed E-state index contributed by atoms with van der Waals surface area (Å²) in [6.07, 6.45) is 2.61. The Morgan fingerprint density at radius 2 is 1.84 bits per heavy atom. The molecule has 3 rings (SSSR count). The molecule has 0 saturated heterocycles. The van der Waals surface area contributed by atoms with Gasteiger partial charge in [0.05, 0.1) is 11.1 Å². The van der Waals surface area contributed by atoms with E-state index in [0.717, 1.165) is 21.1 Å². The van der Waals surface area contributed by atoms with Crippen LogP contribution in [0.15, 0.2) is 53.0 Å². The molecule has 0 bridgehead atoms. The molecule has 19 heavy (non-hydrogen) atoms. The summed E-state index contributed by atoms with van der Waals surface area (Å²) in [4.78, 5) is 0. The van der Waals surface area contributed by atoms with Gasteiger partial charge < -0.3 is 5.32 Å². The van der Waals surface area contributed by atoms with Gasteiger partial charge in [-0.1, -0.05) is 41.9 Å². The van der Waals surface area contributed by atoms with Crippen molar-refractivity contribution in [1.82, 2.24) is 0 Å². The average Bonchev–Trinajstić information content (AvgIpc) is 3.25. The number of anilines is 1. The van der Waals surface area contributed by atoms with Crippen molar-refractivity contribution in [1.29, 1.82) is 0 Å². The summed E-state index contributed by atoms with van der Waals surface area (Å²) in [5.74, 6) is 0.747. The standard InChI is InChI=1S/C16H15BrClN/c17-14-10-13(8-9-15(14)18)19-16(12-6-7-12)11-4-2-1-3-5-11/h1-5,8-10,12,16,19H,6-7H2. The minimum atomic E-state index is 0.397. The molecule has 0 amide bonds. The van der Waals surface area contributed by atoms with E-state index in [0.29, 0.717) is 6.04 Å². The molecule has 0 aliphatic heterocycles. The highest BCUT2D eigenvalue weighted by Gasteiger charge is 2.32. The van der Waals surface area contributed by atoms with E-state index < -0.39 is 0 Å². The lowest BCUT2D eigenvalue weighted by molar-refractivity contribution is 0.679. The number of hydrogen-bond donors (Lipinski definition) is 1. The largest absolute Gasteiger partial charge is 0.378 e. The van der Waals surface area contributed by atoms with Crippen molar-refractivity contribution < 1.29 is 0 Å². The third kappa shape index (κ3) is 3.13. The van der Waals surface area contributed by atoms with Crippen molar-refractivity contribution in [2.45, 2.75) is 18.9 Å². The molecule has 3 heteroatoms. The highest BCUT2D eigenvalue weighted by atomic mass is 79.9. The second-order valence-electron chi connectivity index (χ2n) is 5.00. The van der Waals surface area contributed by atoms with Gasteiger partial charge in [-0.2, -0.15) is 0 Å². The van der Waals surface area contributed by atoms with Gasteiger partial charge in [-0.3, -0.25) is 0 Å². The maximum absolute atomic E-state index is 6.03. The topological polar surface area (TPSA) is 12.0 Å². The van der Waals surface area contributed by atoms with Gasteiger partial charge in [0, 0.05) is 10.2 Å². The molecular formula is C16H15BrClN. The van der Waals surface area contributed by atoms with Crippen LogP contribution in [0.4, 0.5) is 5.69 Å². The van der Waals surface area contributed by atoms with Crippen LogP contribution in [0.1, 0.15) is 24.4 Å². The van der Waals surface area contributed by atoms with Crippen molar-refractivity contribution in [3.8, 4) is 0 Å². The second kappa shape index (κ2) is 5.56. The zero-order valence-corrected chi connectivity index (χ0v) is 12.8. The van der Waals surface area contributed by atoms with Gasteiger partial charge in [0.25, 0.3) is 0 Å². The molecule has 0 aromatic heterocycles. The van der Waals surface area contributed by atoms with E-state index in [9.17, 15) is 0 Å². The Kier molecular flexibility index (Phi) is 3.81. The van der Waals surface area contributed by atoms with Gasteiger partial charge in [-0.15, -0.1) is 0 Å². The van der Waals surface area contributed by atoms with Crippen LogP contribution in [0.5, 0.6) is 0 Å². The number of halogens is 2. The van der Waals surface area contributed by atoms with Gasteiger partial charge in [0.1, 0.15) is 0 Å². The van der Waals surface area contributed by atoms with Crippen molar-refractivity contribution in [3.63, 3.8) is 0 Å². The van der Waals surface area contributed by atoms with Crippen molar-refractivity contribution in [3.05, 3.63) is 63.6 Å². The average molecular weight is 337 g/mol. The van der Waals surface area contributed by atoms with Crippen molar-refractivity contribution in [2.75, 3.05) is 5.32 Å². The van der Waals surface area contributed by atoms with Crippen LogP contribution in [-0.4, -0.2) is 0 Å². The Morgan fingerprint density at radius 1 is 1.11 bits per heavy atom. The molecule has 2 aromatic rings. The van der Waals surface area contributed by atoms with E-state index in [1.54, 1.807) is 0 Å². The molecule has 1 aliphatic rings. The van der Waals surface area contributed by atoms with E-state index in [1.807, 2.05) is 18.2 Å². The maximum Gasteiger partial charge on any atom is 0.0549 e.